The predicted molar refractivity (Wildman–Crippen MR) is 99.7 cm³/mol. The normalized spacial score (nSPS) is 16.1. The number of primary amides is 1. The molecule has 0 saturated carbocycles. The maximum atomic E-state index is 12.8. The van der Waals surface area contributed by atoms with Crippen LogP contribution in [0, 0.1) is 5.92 Å². The van der Waals surface area contributed by atoms with Gasteiger partial charge in [0.1, 0.15) is 4.90 Å². The molecular formula is C16H21Cl2N3O4S. The molecule has 0 bridgehead atoms. The second-order valence-electron chi connectivity index (χ2n) is 6.51. The van der Waals surface area contributed by atoms with E-state index in [-0.39, 0.29) is 38.4 Å². The number of hydrogen-bond acceptors (Lipinski definition) is 4. The van der Waals surface area contributed by atoms with Gasteiger partial charge >= 0.3 is 0 Å². The van der Waals surface area contributed by atoms with Gasteiger partial charge in [0.2, 0.25) is 15.9 Å². The first-order valence-corrected chi connectivity index (χ1v) is 10.4. The lowest BCUT2D eigenvalue weighted by Crippen LogP contribution is -2.42. The molecule has 1 aromatic carbocycles. The number of rotatable bonds is 5. The van der Waals surface area contributed by atoms with Crippen LogP contribution in [0.1, 0.15) is 37.0 Å². The summed E-state index contributed by atoms with van der Waals surface area (Å²) in [5, 5.41) is 0.00709. The van der Waals surface area contributed by atoms with E-state index in [9.17, 15) is 18.0 Å². The lowest BCUT2D eigenvalue weighted by atomic mass is 9.96. The number of carbonyl (C=O) groups is 2. The van der Waals surface area contributed by atoms with Crippen LogP contribution in [0.3, 0.4) is 0 Å². The Labute approximate surface area is 162 Å². The summed E-state index contributed by atoms with van der Waals surface area (Å²) in [5.41, 5.74) is 5.35. The van der Waals surface area contributed by atoms with Gasteiger partial charge in [0, 0.05) is 25.0 Å². The zero-order chi connectivity index (χ0) is 19.6. The number of sulfonamides is 1. The minimum absolute atomic E-state index is 0.0534. The van der Waals surface area contributed by atoms with E-state index in [0.29, 0.717) is 25.9 Å². The van der Waals surface area contributed by atoms with Gasteiger partial charge in [-0.1, -0.05) is 23.2 Å². The van der Waals surface area contributed by atoms with Crippen molar-refractivity contribution >= 4 is 45.0 Å². The van der Waals surface area contributed by atoms with E-state index in [2.05, 4.69) is 4.72 Å². The Morgan fingerprint density at radius 1 is 1.19 bits per heavy atom. The number of carbonyl (C=O) groups excluding carboxylic acids is 2. The van der Waals surface area contributed by atoms with E-state index in [1.165, 1.54) is 17.0 Å². The molecule has 3 N–H and O–H groups in total. The van der Waals surface area contributed by atoms with Gasteiger partial charge in [0.15, 0.2) is 0 Å². The fourth-order valence-electron chi connectivity index (χ4n) is 2.81. The van der Waals surface area contributed by atoms with Crippen LogP contribution in [0.25, 0.3) is 0 Å². The zero-order valence-corrected chi connectivity index (χ0v) is 16.8. The first-order valence-electron chi connectivity index (χ1n) is 8.13. The molecule has 1 aromatic rings. The van der Waals surface area contributed by atoms with Crippen LogP contribution in [0.2, 0.25) is 10.0 Å². The Bertz CT molecular complexity index is 819. The van der Waals surface area contributed by atoms with Crippen LogP contribution in [-0.4, -0.2) is 44.3 Å². The fraction of sp³-hybridized carbons (Fsp3) is 0.500. The third kappa shape index (κ3) is 4.68. The molecule has 7 nitrogen and oxygen atoms in total. The van der Waals surface area contributed by atoms with Crippen LogP contribution in [0.4, 0.5) is 0 Å². The number of nitrogens with two attached hydrogens (primary N) is 1. The molecule has 144 valence electrons. The van der Waals surface area contributed by atoms with Crippen LogP contribution in [0.5, 0.6) is 0 Å². The number of nitrogens with one attached hydrogen (secondary N) is 1. The Balaban J connectivity index is 2.31. The van der Waals surface area contributed by atoms with Gasteiger partial charge in [-0.2, -0.15) is 0 Å². The molecule has 1 aliphatic rings. The maximum absolute atomic E-state index is 12.8. The van der Waals surface area contributed by atoms with Crippen molar-refractivity contribution in [1.29, 1.82) is 0 Å². The summed E-state index contributed by atoms with van der Waals surface area (Å²) in [6.45, 7) is 4.04. The summed E-state index contributed by atoms with van der Waals surface area (Å²) in [4.78, 5) is 25.3. The first kappa shape index (κ1) is 21.0. The molecule has 1 heterocycles. The monoisotopic (exact) mass is 421 g/mol. The Morgan fingerprint density at radius 2 is 1.77 bits per heavy atom. The smallest absolute Gasteiger partial charge is 0.255 e. The number of likely N-dealkylation sites (tertiary alicyclic amines) is 1. The van der Waals surface area contributed by atoms with Gasteiger partial charge in [-0.05, 0) is 38.8 Å². The highest BCUT2D eigenvalue weighted by Crippen LogP contribution is 2.30. The minimum atomic E-state index is -3.89. The van der Waals surface area contributed by atoms with Crippen molar-refractivity contribution in [2.24, 2.45) is 11.7 Å². The van der Waals surface area contributed by atoms with E-state index in [1.54, 1.807) is 13.8 Å². The molecule has 10 heteroatoms. The highest BCUT2D eigenvalue weighted by molar-refractivity contribution is 7.89. The average molecular weight is 422 g/mol. The molecule has 26 heavy (non-hydrogen) atoms. The molecule has 0 spiro atoms. The summed E-state index contributed by atoms with van der Waals surface area (Å²) in [7, 11) is -3.89. The predicted octanol–water partition coefficient (Wildman–Crippen LogP) is 2.02. The lowest BCUT2D eigenvalue weighted by molar-refractivity contribution is -0.123. The molecule has 0 aromatic heterocycles. The van der Waals surface area contributed by atoms with Gasteiger partial charge < -0.3 is 10.6 Å². The van der Waals surface area contributed by atoms with Crippen LogP contribution >= 0.6 is 23.2 Å². The third-order valence-electron chi connectivity index (χ3n) is 4.12. The van der Waals surface area contributed by atoms with E-state index in [4.69, 9.17) is 28.9 Å². The highest BCUT2D eigenvalue weighted by atomic mass is 35.5. The standard InChI is InChI=1S/C16H21Cl2N3O4S/c1-9(2)20-26(24,25)14-7-11(12(17)8-13(14)18)16(23)21-5-3-10(4-6-21)15(19)22/h7-10,20H,3-6H2,1-2H3,(H2,19,22). The van der Waals surface area contributed by atoms with Crippen molar-refractivity contribution in [3.63, 3.8) is 0 Å². The quantitative estimate of drug-likeness (QED) is 0.757. The van der Waals surface area contributed by atoms with E-state index < -0.39 is 15.9 Å². The highest BCUT2D eigenvalue weighted by Gasteiger charge is 2.29. The molecule has 2 rings (SSSR count). The van der Waals surface area contributed by atoms with E-state index in [1.807, 2.05) is 0 Å². The van der Waals surface area contributed by atoms with Crippen molar-refractivity contribution in [2.75, 3.05) is 13.1 Å². The number of amides is 2. The third-order valence-corrected chi connectivity index (χ3v) is 6.55. The van der Waals surface area contributed by atoms with E-state index in [0.717, 1.165) is 0 Å². The van der Waals surface area contributed by atoms with Crippen molar-refractivity contribution in [3.8, 4) is 0 Å². The summed E-state index contributed by atoms with van der Waals surface area (Å²) in [6, 6.07) is 2.11. The summed E-state index contributed by atoms with van der Waals surface area (Å²) < 4.78 is 27.3. The first-order chi connectivity index (χ1) is 12.0. The Morgan fingerprint density at radius 3 is 2.27 bits per heavy atom. The van der Waals surface area contributed by atoms with E-state index >= 15 is 0 Å². The zero-order valence-electron chi connectivity index (χ0n) is 14.5. The minimum Gasteiger partial charge on any atom is -0.369 e. The van der Waals surface area contributed by atoms with Gasteiger partial charge in [-0.15, -0.1) is 0 Å². The number of halogens is 2. The average Bonchev–Trinajstić information content (AvgIpc) is 2.53. The molecular weight excluding hydrogens is 401 g/mol. The summed E-state index contributed by atoms with van der Waals surface area (Å²) in [6.07, 6.45) is 0.929. The fourth-order valence-corrected chi connectivity index (χ4v) is 4.92. The van der Waals surface area contributed by atoms with Gasteiger partial charge in [0.05, 0.1) is 15.6 Å². The number of piperidine rings is 1. The van der Waals surface area contributed by atoms with Crippen molar-refractivity contribution < 1.29 is 18.0 Å². The molecule has 0 atom stereocenters. The maximum Gasteiger partial charge on any atom is 0.255 e. The topological polar surface area (TPSA) is 110 Å². The summed E-state index contributed by atoms with van der Waals surface area (Å²) >= 11 is 12.2. The number of hydrogen-bond donors (Lipinski definition) is 2. The van der Waals surface area contributed by atoms with Gasteiger partial charge in [-0.3, -0.25) is 9.59 Å². The molecule has 0 aliphatic carbocycles. The second kappa shape index (κ2) is 8.12. The molecule has 1 aliphatic heterocycles. The van der Waals surface area contributed by atoms with Crippen LogP contribution in [0.15, 0.2) is 17.0 Å². The molecule has 2 amide bonds. The largest absolute Gasteiger partial charge is 0.369 e. The number of benzene rings is 1. The van der Waals surface area contributed by atoms with Crippen LogP contribution < -0.4 is 10.5 Å². The van der Waals surface area contributed by atoms with Gasteiger partial charge in [0.25, 0.3) is 5.91 Å². The van der Waals surface area contributed by atoms with Crippen LogP contribution in [-0.2, 0) is 14.8 Å². The molecule has 1 fully saturated rings. The van der Waals surface area contributed by atoms with Crippen molar-refractivity contribution in [3.05, 3.63) is 27.7 Å². The number of nitrogens with zero attached hydrogens (tertiary/aromatic N) is 1. The SMILES string of the molecule is CC(C)NS(=O)(=O)c1cc(C(=O)N2CCC(C(N)=O)CC2)c(Cl)cc1Cl. The second-order valence-corrected chi connectivity index (χ2v) is 9.00. The lowest BCUT2D eigenvalue weighted by Gasteiger charge is -2.31. The Kier molecular flexibility index (Phi) is 6.55. The van der Waals surface area contributed by atoms with Crippen molar-refractivity contribution in [2.45, 2.75) is 37.6 Å². The molecule has 0 unspecified atom stereocenters. The van der Waals surface area contributed by atoms with Gasteiger partial charge in [-0.25, -0.2) is 13.1 Å². The molecule has 1 saturated heterocycles. The Hall–Kier alpha value is -1.35. The molecule has 0 radical (unpaired) electrons. The summed E-state index contributed by atoms with van der Waals surface area (Å²) in [5.74, 6) is -1.05. The van der Waals surface area contributed by atoms with Crippen molar-refractivity contribution in [1.82, 2.24) is 9.62 Å².